The number of hydrogen-bond acceptors (Lipinski definition) is 2. The highest BCUT2D eigenvalue weighted by Gasteiger charge is 2.48. The van der Waals surface area contributed by atoms with E-state index in [2.05, 4.69) is 0 Å². The van der Waals surface area contributed by atoms with Crippen LogP contribution < -0.4 is 0 Å². The molecule has 1 aliphatic heterocycles. The lowest BCUT2D eigenvalue weighted by molar-refractivity contribution is -0.530. The Labute approximate surface area is 165 Å². The van der Waals surface area contributed by atoms with E-state index in [0.29, 0.717) is 16.8 Å². The molecule has 0 saturated heterocycles. The minimum Gasteiger partial charge on any atom is -0.757 e. The molecule has 0 aromatic heterocycles. The first-order chi connectivity index (χ1) is 13.3. The van der Waals surface area contributed by atoms with E-state index in [4.69, 9.17) is 0 Å². The molecule has 0 saturated carbocycles. The van der Waals surface area contributed by atoms with E-state index in [1.807, 2.05) is 94.2 Å². The molecule has 0 radical (unpaired) electrons. The van der Waals surface area contributed by atoms with Gasteiger partial charge in [-0.3, -0.25) is 4.79 Å². The van der Waals surface area contributed by atoms with Gasteiger partial charge >= 0.3 is 5.70 Å². The van der Waals surface area contributed by atoms with Gasteiger partial charge in [-0.15, -0.1) is 0 Å². The van der Waals surface area contributed by atoms with E-state index < -0.39 is 5.54 Å². The number of nitrogens with zero attached hydrogens (tertiary/aromatic N) is 3. The molecule has 1 heterocycles. The molecular weight excluding hydrogens is 346 g/mol. The molecule has 0 aliphatic carbocycles. The van der Waals surface area contributed by atoms with Gasteiger partial charge in [0.15, 0.2) is 17.4 Å². The second-order valence-electron chi connectivity index (χ2n) is 7.47. The first-order valence-corrected chi connectivity index (χ1v) is 9.04. The smallest absolute Gasteiger partial charge is 0.305 e. The second-order valence-corrected chi connectivity index (χ2v) is 7.47. The van der Waals surface area contributed by atoms with Crippen LogP contribution in [-0.2, 0) is 0 Å². The summed E-state index contributed by atoms with van der Waals surface area (Å²) in [5.41, 5.74) is 3.99. The normalized spacial score (nSPS) is 14.9. The first kappa shape index (κ1) is 19.2. The Balaban J connectivity index is 2.20. The zero-order valence-corrected chi connectivity index (χ0v) is 16.4. The number of allylic oxidation sites excluding steroid dienone is 2. The average molecular weight is 367 g/mol. The van der Waals surface area contributed by atoms with E-state index in [1.54, 1.807) is 4.58 Å². The molecule has 4 heteroatoms. The lowest BCUT2D eigenvalue weighted by Crippen LogP contribution is -2.39. The van der Waals surface area contributed by atoms with Crippen molar-refractivity contribution in [3.8, 4) is 6.07 Å². The average Bonchev–Trinajstić information content (AvgIpc) is 2.95. The van der Waals surface area contributed by atoms with E-state index in [1.165, 1.54) is 0 Å². The van der Waals surface area contributed by atoms with Crippen molar-refractivity contribution in [2.75, 3.05) is 0 Å². The van der Waals surface area contributed by atoms with E-state index in [0.717, 1.165) is 16.7 Å². The van der Waals surface area contributed by atoms with Gasteiger partial charge in [0.2, 0.25) is 5.71 Å². The highest BCUT2D eigenvalue weighted by molar-refractivity contribution is 6.18. The van der Waals surface area contributed by atoms with Gasteiger partial charge in [0.05, 0.1) is 5.57 Å². The zero-order chi connectivity index (χ0) is 20.5. The molecule has 3 rings (SSSR count). The topological polar surface area (TPSA) is 66.2 Å². The summed E-state index contributed by atoms with van der Waals surface area (Å²) in [4.78, 5) is 13.3. The fraction of sp³-hybridized carbons (Fsp3) is 0.208. The molecule has 1 aliphatic rings. The van der Waals surface area contributed by atoms with Crippen LogP contribution in [-0.4, -0.2) is 27.5 Å². The molecule has 0 N–H and O–H groups in total. The van der Waals surface area contributed by atoms with Gasteiger partial charge < -0.3 is 5.41 Å². The third-order valence-corrected chi connectivity index (χ3v) is 5.08. The predicted octanol–water partition coefficient (Wildman–Crippen LogP) is 4.35. The van der Waals surface area contributed by atoms with Gasteiger partial charge in [0.25, 0.3) is 0 Å². The maximum absolute atomic E-state index is 13.3. The summed E-state index contributed by atoms with van der Waals surface area (Å²) in [6.07, 6.45) is 1.81. The first-order valence-electron chi connectivity index (χ1n) is 9.04. The monoisotopic (exact) mass is 367 g/mol. The summed E-state index contributed by atoms with van der Waals surface area (Å²) in [7, 11) is 0. The molecule has 0 atom stereocenters. The van der Waals surface area contributed by atoms with Crippen molar-refractivity contribution in [3.63, 3.8) is 0 Å². The molecule has 0 bridgehead atoms. The predicted molar refractivity (Wildman–Crippen MR) is 111 cm³/mol. The third kappa shape index (κ3) is 3.24. The van der Waals surface area contributed by atoms with Gasteiger partial charge in [-0.05, 0) is 26.0 Å². The summed E-state index contributed by atoms with van der Waals surface area (Å²) < 4.78 is 1.67. The van der Waals surface area contributed by atoms with Crippen LogP contribution in [0.15, 0.2) is 65.9 Å². The SMILES string of the molecule is Cc1ccc(C(=O)C2=CC(c3ccc(C)cc3)=[N+](C(=C=[N-])C#N)C2(C)C)cc1. The summed E-state index contributed by atoms with van der Waals surface area (Å²) in [5.74, 6) is 1.88. The van der Waals surface area contributed by atoms with Crippen LogP contribution >= 0.6 is 0 Å². The van der Waals surface area contributed by atoms with Crippen molar-refractivity contribution in [2.24, 2.45) is 0 Å². The molecular formula is C24H21N3O. The molecule has 138 valence electrons. The highest BCUT2D eigenvalue weighted by atomic mass is 16.1. The number of hydrogen-bond donors (Lipinski definition) is 0. The van der Waals surface area contributed by atoms with Crippen molar-refractivity contribution >= 4 is 17.4 Å². The Morgan fingerprint density at radius 2 is 1.54 bits per heavy atom. The third-order valence-electron chi connectivity index (χ3n) is 5.08. The largest absolute Gasteiger partial charge is 0.757 e. The van der Waals surface area contributed by atoms with Gasteiger partial charge in [0.1, 0.15) is 0 Å². The van der Waals surface area contributed by atoms with Crippen molar-refractivity contribution in [3.05, 3.63) is 93.5 Å². The number of ketones is 1. The number of nitriles is 1. The standard InChI is InChI=1S/C24H21N3O/c1-16-5-9-18(10-6-16)22-13-21(23(28)19-11-7-17(2)8-12-19)24(3,4)27(22)20(14-25)15-26/h5-13H,1-4H3. The minimum atomic E-state index is -0.830. The second kappa shape index (κ2) is 7.23. The van der Waals surface area contributed by atoms with E-state index in [-0.39, 0.29) is 11.5 Å². The lowest BCUT2D eigenvalue weighted by Gasteiger charge is -2.20. The lowest BCUT2D eigenvalue weighted by atomic mass is 9.88. The van der Waals surface area contributed by atoms with Crippen molar-refractivity contribution in [1.82, 2.24) is 0 Å². The van der Waals surface area contributed by atoms with Gasteiger partial charge in [-0.1, -0.05) is 47.5 Å². The molecule has 0 spiro atoms. The van der Waals surface area contributed by atoms with Crippen molar-refractivity contribution in [2.45, 2.75) is 33.2 Å². The molecule has 2 aromatic rings. The molecule has 28 heavy (non-hydrogen) atoms. The minimum absolute atomic E-state index is 0.0384. The summed E-state index contributed by atoms with van der Waals surface area (Å²) in [6.45, 7) is 7.69. The number of rotatable bonds is 4. The maximum Gasteiger partial charge on any atom is 0.305 e. The number of aryl methyl sites for hydroxylation is 2. The molecule has 0 unspecified atom stereocenters. The van der Waals surface area contributed by atoms with Gasteiger partial charge in [-0.25, -0.2) is 0 Å². The summed E-state index contributed by atoms with van der Waals surface area (Å²) in [6, 6.07) is 17.2. The molecule has 2 aromatic carbocycles. The van der Waals surface area contributed by atoms with E-state index >= 15 is 0 Å². The summed E-state index contributed by atoms with van der Waals surface area (Å²) in [5, 5.41) is 19.1. The number of carbonyl (C=O) groups excluding carboxylic acids is 1. The molecule has 0 fully saturated rings. The Morgan fingerprint density at radius 1 is 1.00 bits per heavy atom. The quantitative estimate of drug-likeness (QED) is 0.349. The van der Waals surface area contributed by atoms with Crippen molar-refractivity contribution in [1.29, 1.82) is 5.26 Å². The van der Waals surface area contributed by atoms with Crippen LogP contribution in [0.2, 0.25) is 0 Å². The number of benzene rings is 2. The zero-order valence-electron chi connectivity index (χ0n) is 16.4. The fourth-order valence-electron chi connectivity index (χ4n) is 3.46. The van der Waals surface area contributed by atoms with Crippen LogP contribution in [0.3, 0.4) is 0 Å². The fourth-order valence-corrected chi connectivity index (χ4v) is 3.46. The van der Waals surface area contributed by atoms with Crippen LogP contribution in [0.5, 0.6) is 0 Å². The van der Waals surface area contributed by atoms with Crippen molar-refractivity contribution < 1.29 is 9.37 Å². The van der Waals surface area contributed by atoms with Gasteiger partial charge in [-0.2, -0.15) is 15.7 Å². The van der Waals surface area contributed by atoms with Gasteiger partial charge in [0, 0.05) is 31.1 Å². The Morgan fingerprint density at radius 3 is 2.04 bits per heavy atom. The van der Waals surface area contributed by atoms with Crippen LogP contribution in [0.1, 0.15) is 40.9 Å². The van der Waals surface area contributed by atoms with Crippen LogP contribution in [0.4, 0.5) is 0 Å². The summed E-state index contributed by atoms with van der Waals surface area (Å²) >= 11 is 0. The number of Topliss-reactive ketones (excluding diaryl/α,β-unsaturated/α-hetero) is 1. The molecule has 0 amide bonds. The highest BCUT2D eigenvalue weighted by Crippen LogP contribution is 2.33. The maximum atomic E-state index is 13.3. The Hall–Kier alpha value is -3.54. The van der Waals surface area contributed by atoms with E-state index in [9.17, 15) is 15.5 Å². The van der Waals surface area contributed by atoms with Crippen LogP contribution in [0.25, 0.3) is 5.41 Å². The number of carbonyl (C=O) groups is 1. The molecule has 4 nitrogen and oxygen atoms in total. The van der Waals surface area contributed by atoms with Crippen LogP contribution in [0, 0.1) is 25.2 Å². The Kier molecular flexibility index (Phi) is 4.96. The Bertz CT molecular complexity index is 1100.